The van der Waals surface area contributed by atoms with E-state index >= 15 is 0 Å². The number of nitrogens with zero attached hydrogens (tertiary/aromatic N) is 2. The second-order valence-electron chi connectivity index (χ2n) is 7.00. The molecule has 1 aromatic rings. The van der Waals surface area contributed by atoms with Crippen molar-refractivity contribution >= 4 is 6.09 Å². The van der Waals surface area contributed by atoms with Gasteiger partial charge < -0.3 is 15.4 Å². The van der Waals surface area contributed by atoms with Crippen molar-refractivity contribution in [3.8, 4) is 0 Å². The summed E-state index contributed by atoms with van der Waals surface area (Å²) in [5, 5.41) is 0. The van der Waals surface area contributed by atoms with E-state index in [1.165, 1.54) is 19.4 Å². The number of ether oxygens (including phenoxy) is 1. The first-order chi connectivity index (χ1) is 11.8. The van der Waals surface area contributed by atoms with Crippen molar-refractivity contribution in [3.63, 3.8) is 0 Å². The Morgan fingerprint density at radius 1 is 1.12 bits per heavy atom. The second-order valence-corrected chi connectivity index (χ2v) is 7.00. The van der Waals surface area contributed by atoms with Crippen LogP contribution in [-0.2, 0) is 11.3 Å². The molecule has 0 saturated carbocycles. The Bertz CT molecular complexity index is 515. The predicted molar refractivity (Wildman–Crippen MR) is 94.6 cm³/mol. The average Bonchev–Trinajstić information content (AvgIpc) is 2.67. The molecular weight excluding hydrogens is 302 g/mol. The SMILES string of the molecule is NCC1CCCN(C2CCN(C(=O)OCc3ccccc3)CC2)C1. The topological polar surface area (TPSA) is 58.8 Å². The minimum atomic E-state index is -0.184. The van der Waals surface area contributed by atoms with E-state index in [2.05, 4.69) is 4.90 Å². The van der Waals surface area contributed by atoms with Gasteiger partial charge in [0.05, 0.1) is 0 Å². The molecule has 2 saturated heterocycles. The molecule has 5 heteroatoms. The van der Waals surface area contributed by atoms with Gasteiger partial charge in [-0.05, 0) is 50.3 Å². The number of rotatable bonds is 4. The highest BCUT2D eigenvalue weighted by Crippen LogP contribution is 2.23. The third kappa shape index (κ3) is 4.48. The number of hydrogen-bond donors (Lipinski definition) is 1. The van der Waals surface area contributed by atoms with Crippen molar-refractivity contribution < 1.29 is 9.53 Å². The number of benzene rings is 1. The highest BCUT2D eigenvalue weighted by Gasteiger charge is 2.30. The highest BCUT2D eigenvalue weighted by atomic mass is 16.6. The van der Waals surface area contributed by atoms with Crippen LogP contribution in [-0.4, -0.2) is 54.7 Å². The Hall–Kier alpha value is -1.59. The van der Waals surface area contributed by atoms with Gasteiger partial charge in [0, 0.05) is 25.7 Å². The van der Waals surface area contributed by atoms with Gasteiger partial charge in [-0.25, -0.2) is 4.79 Å². The number of carbonyl (C=O) groups excluding carboxylic acids is 1. The van der Waals surface area contributed by atoms with Crippen LogP contribution in [0.15, 0.2) is 30.3 Å². The van der Waals surface area contributed by atoms with Crippen LogP contribution < -0.4 is 5.73 Å². The molecule has 24 heavy (non-hydrogen) atoms. The van der Waals surface area contributed by atoms with E-state index in [4.69, 9.17) is 10.5 Å². The normalized spacial score (nSPS) is 23.2. The van der Waals surface area contributed by atoms with Gasteiger partial charge in [0.1, 0.15) is 6.61 Å². The number of amides is 1. The summed E-state index contributed by atoms with van der Waals surface area (Å²) >= 11 is 0. The standard InChI is InChI=1S/C19H29N3O2/c20-13-17-7-4-10-22(14-17)18-8-11-21(12-9-18)19(23)24-15-16-5-2-1-3-6-16/h1-3,5-6,17-18H,4,7-15,20H2. The maximum atomic E-state index is 12.2. The third-order valence-electron chi connectivity index (χ3n) is 5.33. The zero-order chi connectivity index (χ0) is 16.8. The minimum absolute atomic E-state index is 0.184. The number of piperidine rings is 2. The highest BCUT2D eigenvalue weighted by molar-refractivity contribution is 5.67. The van der Waals surface area contributed by atoms with Crippen molar-refractivity contribution in [2.24, 2.45) is 11.7 Å². The summed E-state index contributed by atoms with van der Waals surface area (Å²) < 4.78 is 5.44. The van der Waals surface area contributed by atoms with Gasteiger partial charge in [-0.15, -0.1) is 0 Å². The summed E-state index contributed by atoms with van der Waals surface area (Å²) in [4.78, 5) is 16.7. The summed E-state index contributed by atoms with van der Waals surface area (Å²) in [7, 11) is 0. The summed E-state index contributed by atoms with van der Waals surface area (Å²) in [6.07, 6.45) is 4.41. The lowest BCUT2D eigenvalue weighted by Crippen LogP contribution is -2.50. The smallest absolute Gasteiger partial charge is 0.410 e. The molecule has 0 spiro atoms. The van der Waals surface area contributed by atoms with Crippen LogP contribution in [0.5, 0.6) is 0 Å². The molecule has 0 bridgehead atoms. The van der Waals surface area contributed by atoms with Gasteiger partial charge in [-0.1, -0.05) is 30.3 Å². The van der Waals surface area contributed by atoms with Crippen LogP contribution >= 0.6 is 0 Å². The number of carbonyl (C=O) groups is 1. The van der Waals surface area contributed by atoms with Crippen LogP contribution in [0, 0.1) is 5.92 Å². The third-order valence-corrected chi connectivity index (χ3v) is 5.33. The quantitative estimate of drug-likeness (QED) is 0.921. The second kappa shape index (κ2) is 8.49. The van der Waals surface area contributed by atoms with E-state index < -0.39 is 0 Å². The molecule has 2 aliphatic rings. The molecule has 0 radical (unpaired) electrons. The molecule has 1 atom stereocenters. The first-order valence-electron chi connectivity index (χ1n) is 9.16. The predicted octanol–water partition coefficient (Wildman–Crippen LogP) is 2.46. The zero-order valence-corrected chi connectivity index (χ0v) is 14.4. The van der Waals surface area contributed by atoms with Crippen LogP contribution in [0.25, 0.3) is 0 Å². The van der Waals surface area contributed by atoms with Gasteiger partial charge in [0.15, 0.2) is 0 Å². The van der Waals surface area contributed by atoms with Gasteiger partial charge in [0.25, 0.3) is 0 Å². The van der Waals surface area contributed by atoms with Crippen LogP contribution in [0.3, 0.4) is 0 Å². The van der Waals surface area contributed by atoms with Crippen molar-refractivity contribution in [3.05, 3.63) is 35.9 Å². The van der Waals surface area contributed by atoms with E-state index in [0.29, 0.717) is 18.6 Å². The molecule has 1 aromatic carbocycles. The molecule has 0 aliphatic carbocycles. The number of likely N-dealkylation sites (tertiary alicyclic amines) is 2. The molecule has 3 rings (SSSR count). The first kappa shape index (κ1) is 17.2. The van der Waals surface area contributed by atoms with E-state index in [9.17, 15) is 4.79 Å². The number of nitrogens with two attached hydrogens (primary N) is 1. The van der Waals surface area contributed by atoms with Crippen LogP contribution in [0.2, 0.25) is 0 Å². The monoisotopic (exact) mass is 331 g/mol. The molecule has 2 fully saturated rings. The molecule has 5 nitrogen and oxygen atoms in total. The van der Waals surface area contributed by atoms with Crippen molar-refractivity contribution in [2.45, 2.75) is 38.3 Å². The van der Waals surface area contributed by atoms with Crippen molar-refractivity contribution in [2.75, 3.05) is 32.7 Å². The molecule has 1 amide bonds. The maximum absolute atomic E-state index is 12.2. The zero-order valence-electron chi connectivity index (χ0n) is 14.4. The van der Waals surface area contributed by atoms with Crippen molar-refractivity contribution in [1.82, 2.24) is 9.80 Å². The van der Waals surface area contributed by atoms with E-state index in [1.807, 2.05) is 35.2 Å². The molecule has 0 aromatic heterocycles. The summed E-state index contributed by atoms with van der Waals surface area (Å²) in [5.41, 5.74) is 6.87. The maximum Gasteiger partial charge on any atom is 0.410 e. The molecule has 132 valence electrons. The summed E-state index contributed by atoms with van der Waals surface area (Å²) in [6, 6.07) is 10.4. The Morgan fingerprint density at radius 2 is 1.88 bits per heavy atom. The van der Waals surface area contributed by atoms with Crippen LogP contribution in [0.4, 0.5) is 4.79 Å². The fourth-order valence-corrected chi connectivity index (χ4v) is 3.85. The average molecular weight is 331 g/mol. The minimum Gasteiger partial charge on any atom is -0.445 e. The van der Waals surface area contributed by atoms with Crippen molar-refractivity contribution in [1.29, 1.82) is 0 Å². The van der Waals surface area contributed by atoms with Gasteiger partial charge in [-0.2, -0.15) is 0 Å². The Morgan fingerprint density at radius 3 is 2.58 bits per heavy atom. The van der Waals surface area contributed by atoms with Gasteiger partial charge in [-0.3, -0.25) is 4.90 Å². The van der Waals surface area contributed by atoms with Gasteiger partial charge >= 0.3 is 6.09 Å². The van der Waals surface area contributed by atoms with Gasteiger partial charge in [0.2, 0.25) is 0 Å². The van der Waals surface area contributed by atoms with E-state index in [0.717, 1.165) is 44.6 Å². The molecule has 1 unspecified atom stereocenters. The lowest BCUT2D eigenvalue weighted by Gasteiger charge is -2.41. The molecule has 2 N–H and O–H groups in total. The van der Waals surface area contributed by atoms with E-state index in [1.54, 1.807) is 0 Å². The summed E-state index contributed by atoms with van der Waals surface area (Å²) in [6.45, 7) is 5.04. The molecule has 2 aliphatic heterocycles. The lowest BCUT2D eigenvalue weighted by atomic mass is 9.94. The lowest BCUT2D eigenvalue weighted by molar-refractivity contribution is 0.0544. The Labute approximate surface area is 144 Å². The van der Waals surface area contributed by atoms with E-state index in [-0.39, 0.29) is 6.09 Å². The largest absolute Gasteiger partial charge is 0.445 e. The number of hydrogen-bond acceptors (Lipinski definition) is 4. The summed E-state index contributed by atoms with van der Waals surface area (Å²) in [5.74, 6) is 0.646. The van der Waals surface area contributed by atoms with Crippen LogP contribution in [0.1, 0.15) is 31.2 Å². The first-order valence-corrected chi connectivity index (χ1v) is 9.16. The fraction of sp³-hybridized carbons (Fsp3) is 0.632. The fourth-order valence-electron chi connectivity index (χ4n) is 3.85. The Balaban J connectivity index is 1.42. The Kier molecular flexibility index (Phi) is 6.10. The molecule has 2 heterocycles. The molecular formula is C19H29N3O2.